The highest BCUT2D eigenvalue weighted by molar-refractivity contribution is 5.41. The summed E-state index contributed by atoms with van der Waals surface area (Å²) in [7, 11) is 1.60. The van der Waals surface area contributed by atoms with E-state index < -0.39 is 0 Å². The van der Waals surface area contributed by atoms with Crippen molar-refractivity contribution in [2.75, 3.05) is 30.4 Å². The van der Waals surface area contributed by atoms with E-state index in [0.717, 1.165) is 31.2 Å². The Morgan fingerprint density at radius 3 is 2.83 bits per heavy atom. The highest BCUT2D eigenvalue weighted by Gasteiger charge is 2.24. The maximum absolute atomic E-state index is 5.13. The molecule has 1 aliphatic rings. The monoisotopic (exact) mass is 314 g/mol. The van der Waals surface area contributed by atoms with Gasteiger partial charge < -0.3 is 15.0 Å². The molecule has 0 aromatic carbocycles. The number of nitrogens with one attached hydrogen (secondary N) is 1. The molecule has 1 aliphatic heterocycles. The van der Waals surface area contributed by atoms with Gasteiger partial charge in [-0.15, -0.1) is 0 Å². The van der Waals surface area contributed by atoms with Crippen LogP contribution in [-0.2, 0) is 0 Å². The fourth-order valence-corrected chi connectivity index (χ4v) is 2.61. The first kappa shape index (κ1) is 15.5. The highest BCUT2D eigenvalue weighted by atomic mass is 16.5. The van der Waals surface area contributed by atoms with E-state index in [4.69, 9.17) is 4.74 Å². The maximum atomic E-state index is 5.13. The number of rotatable bonds is 5. The van der Waals surface area contributed by atoms with Crippen molar-refractivity contribution >= 4 is 11.8 Å². The number of aromatic nitrogens is 4. The summed E-state index contributed by atoms with van der Waals surface area (Å²) in [5, 5.41) is 3.37. The second-order valence-corrected chi connectivity index (χ2v) is 5.93. The van der Waals surface area contributed by atoms with E-state index in [2.05, 4.69) is 44.0 Å². The van der Waals surface area contributed by atoms with Gasteiger partial charge in [0.25, 0.3) is 0 Å². The van der Waals surface area contributed by atoms with Gasteiger partial charge in [-0.1, -0.05) is 13.8 Å². The summed E-state index contributed by atoms with van der Waals surface area (Å²) in [5.74, 6) is 3.36. The van der Waals surface area contributed by atoms with Crippen molar-refractivity contribution in [3.63, 3.8) is 0 Å². The van der Waals surface area contributed by atoms with Crippen molar-refractivity contribution in [1.82, 2.24) is 19.9 Å². The van der Waals surface area contributed by atoms with Crippen LogP contribution in [0.4, 0.5) is 11.8 Å². The van der Waals surface area contributed by atoms with Crippen LogP contribution < -0.4 is 15.0 Å². The van der Waals surface area contributed by atoms with E-state index in [1.807, 2.05) is 12.3 Å². The Kier molecular flexibility index (Phi) is 4.55. The van der Waals surface area contributed by atoms with Crippen molar-refractivity contribution in [1.29, 1.82) is 0 Å². The van der Waals surface area contributed by atoms with Crippen molar-refractivity contribution in [2.24, 2.45) is 0 Å². The van der Waals surface area contributed by atoms with E-state index in [-0.39, 0.29) is 0 Å². The van der Waals surface area contributed by atoms with Crippen LogP contribution in [0.2, 0.25) is 0 Å². The van der Waals surface area contributed by atoms with Crippen LogP contribution >= 0.6 is 0 Å². The number of hydrogen-bond donors (Lipinski definition) is 1. The van der Waals surface area contributed by atoms with E-state index in [1.54, 1.807) is 19.4 Å². The van der Waals surface area contributed by atoms with Gasteiger partial charge in [-0.05, 0) is 12.5 Å². The number of anilines is 2. The first-order chi connectivity index (χ1) is 11.2. The van der Waals surface area contributed by atoms with Gasteiger partial charge in [-0.25, -0.2) is 15.0 Å². The minimum Gasteiger partial charge on any atom is -0.481 e. The molecule has 0 amide bonds. The van der Waals surface area contributed by atoms with E-state index in [9.17, 15) is 0 Å². The van der Waals surface area contributed by atoms with Crippen LogP contribution in [0.15, 0.2) is 24.5 Å². The van der Waals surface area contributed by atoms with Gasteiger partial charge in [0, 0.05) is 43.5 Å². The Morgan fingerprint density at radius 1 is 1.22 bits per heavy atom. The standard InChI is InChI=1S/C16H22N6O/c1-11(2)15-17-7-4-13(20-15)22-9-6-12(10-22)19-16-18-8-5-14(21-16)23-3/h4-5,7-8,11-12H,6,9-10H2,1-3H3,(H,18,19,21). The zero-order valence-electron chi connectivity index (χ0n) is 13.7. The third-order valence-corrected chi connectivity index (χ3v) is 3.86. The number of methoxy groups -OCH3 is 1. The first-order valence-corrected chi connectivity index (χ1v) is 7.87. The second kappa shape index (κ2) is 6.76. The number of ether oxygens (including phenoxy) is 1. The lowest BCUT2D eigenvalue weighted by Crippen LogP contribution is -2.27. The SMILES string of the molecule is COc1ccnc(NC2CCN(c3ccnc(C(C)C)n3)C2)n1. The predicted octanol–water partition coefficient (Wildman–Crippen LogP) is 2.09. The molecule has 0 aliphatic carbocycles. The van der Waals surface area contributed by atoms with Gasteiger partial charge in [0.05, 0.1) is 7.11 Å². The van der Waals surface area contributed by atoms with E-state index in [1.165, 1.54) is 0 Å². The zero-order valence-corrected chi connectivity index (χ0v) is 13.7. The molecule has 2 aromatic rings. The predicted molar refractivity (Wildman–Crippen MR) is 88.9 cm³/mol. The van der Waals surface area contributed by atoms with Crippen molar-refractivity contribution in [3.8, 4) is 5.88 Å². The molecule has 23 heavy (non-hydrogen) atoms. The number of nitrogens with zero attached hydrogens (tertiary/aromatic N) is 5. The minimum absolute atomic E-state index is 0.291. The molecule has 7 nitrogen and oxygen atoms in total. The van der Waals surface area contributed by atoms with Crippen LogP contribution in [0.1, 0.15) is 32.0 Å². The van der Waals surface area contributed by atoms with Gasteiger partial charge in [0.2, 0.25) is 11.8 Å². The Labute approximate surface area is 136 Å². The molecule has 1 saturated heterocycles. The smallest absolute Gasteiger partial charge is 0.226 e. The Bertz CT molecular complexity index is 663. The lowest BCUT2D eigenvalue weighted by Gasteiger charge is -2.19. The van der Waals surface area contributed by atoms with E-state index >= 15 is 0 Å². The lowest BCUT2D eigenvalue weighted by molar-refractivity contribution is 0.397. The Morgan fingerprint density at radius 2 is 2.04 bits per heavy atom. The lowest BCUT2D eigenvalue weighted by atomic mass is 10.2. The first-order valence-electron chi connectivity index (χ1n) is 7.87. The fraction of sp³-hybridized carbons (Fsp3) is 0.500. The normalized spacial score (nSPS) is 17.6. The zero-order chi connectivity index (χ0) is 16.2. The highest BCUT2D eigenvalue weighted by Crippen LogP contribution is 2.21. The van der Waals surface area contributed by atoms with Gasteiger partial charge in [0.1, 0.15) is 11.6 Å². The largest absolute Gasteiger partial charge is 0.481 e. The molecular weight excluding hydrogens is 292 g/mol. The molecule has 1 N–H and O–H groups in total. The van der Waals surface area contributed by atoms with Gasteiger partial charge in [-0.2, -0.15) is 4.98 Å². The van der Waals surface area contributed by atoms with Gasteiger partial charge in [-0.3, -0.25) is 0 Å². The molecule has 7 heteroatoms. The Hall–Kier alpha value is -2.44. The summed E-state index contributed by atoms with van der Waals surface area (Å²) >= 11 is 0. The molecule has 0 radical (unpaired) electrons. The average molecular weight is 314 g/mol. The van der Waals surface area contributed by atoms with Gasteiger partial charge in [0.15, 0.2) is 0 Å². The minimum atomic E-state index is 0.291. The van der Waals surface area contributed by atoms with Crippen molar-refractivity contribution in [3.05, 3.63) is 30.4 Å². The number of hydrogen-bond acceptors (Lipinski definition) is 7. The summed E-state index contributed by atoms with van der Waals surface area (Å²) in [5.41, 5.74) is 0. The molecule has 122 valence electrons. The molecule has 3 rings (SSSR count). The molecule has 1 unspecified atom stereocenters. The van der Waals surface area contributed by atoms with Crippen LogP contribution in [0, 0.1) is 0 Å². The maximum Gasteiger partial charge on any atom is 0.226 e. The molecule has 1 atom stereocenters. The van der Waals surface area contributed by atoms with Crippen LogP contribution in [0.5, 0.6) is 5.88 Å². The molecule has 0 bridgehead atoms. The average Bonchev–Trinajstić information content (AvgIpc) is 3.03. The van der Waals surface area contributed by atoms with Crippen molar-refractivity contribution < 1.29 is 4.74 Å². The van der Waals surface area contributed by atoms with Crippen LogP contribution in [0.25, 0.3) is 0 Å². The summed E-state index contributed by atoms with van der Waals surface area (Å²) in [4.78, 5) is 19.8. The third-order valence-electron chi connectivity index (χ3n) is 3.86. The molecule has 0 spiro atoms. The van der Waals surface area contributed by atoms with Crippen LogP contribution in [0.3, 0.4) is 0 Å². The van der Waals surface area contributed by atoms with Crippen LogP contribution in [-0.4, -0.2) is 46.2 Å². The fourth-order valence-electron chi connectivity index (χ4n) is 2.61. The summed E-state index contributed by atoms with van der Waals surface area (Å²) in [6, 6.07) is 4.00. The molecule has 1 fully saturated rings. The summed E-state index contributed by atoms with van der Waals surface area (Å²) in [6.45, 7) is 6.03. The summed E-state index contributed by atoms with van der Waals surface area (Å²) < 4.78 is 5.13. The topological polar surface area (TPSA) is 76.1 Å². The molecular formula is C16H22N6O. The third kappa shape index (κ3) is 3.67. The quantitative estimate of drug-likeness (QED) is 0.905. The molecule has 0 saturated carbocycles. The van der Waals surface area contributed by atoms with E-state index in [0.29, 0.717) is 23.8 Å². The molecule has 3 heterocycles. The molecule has 2 aromatic heterocycles. The van der Waals surface area contributed by atoms with Crippen molar-refractivity contribution in [2.45, 2.75) is 32.2 Å². The Balaban J connectivity index is 1.65. The summed E-state index contributed by atoms with van der Waals surface area (Å²) in [6.07, 6.45) is 4.55. The second-order valence-electron chi connectivity index (χ2n) is 5.93. The van der Waals surface area contributed by atoms with Gasteiger partial charge >= 0.3 is 0 Å².